The van der Waals surface area contributed by atoms with E-state index in [1.807, 2.05) is 31.2 Å². The van der Waals surface area contributed by atoms with Gasteiger partial charge in [-0.3, -0.25) is 19.0 Å². The van der Waals surface area contributed by atoms with E-state index in [1.165, 1.54) is 47.4 Å². The zero-order valence-electron chi connectivity index (χ0n) is 20.2. The average Bonchev–Trinajstić information content (AvgIpc) is 3.25. The fourth-order valence-corrected chi connectivity index (χ4v) is 3.98. The molecule has 36 heavy (non-hydrogen) atoms. The third-order valence-corrected chi connectivity index (χ3v) is 6.08. The predicted molar refractivity (Wildman–Crippen MR) is 133 cm³/mol. The van der Waals surface area contributed by atoms with Crippen LogP contribution in [0.4, 0.5) is 11.4 Å². The molecule has 0 fully saturated rings. The van der Waals surface area contributed by atoms with E-state index in [1.54, 1.807) is 7.05 Å². The Morgan fingerprint density at radius 3 is 2.61 bits per heavy atom. The molecule has 3 aromatic rings. The van der Waals surface area contributed by atoms with Gasteiger partial charge in [0.25, 0.3) is 0 Å². The molecule has 0 radical (unpaired) electrons. The fourth-order valence-electron chi connectivity index (χ4n) is 3.00. The van der Waals surface area contributed by atoms with Crippen LogP contribution in [-0.2, 0) is 26.2 Å². The molecule has 0 atom stereocenters. The molecule has 12 nitrogen and oxygen atoms in total. The van der Waals surface area contributed by atoms with Crippen LogP contribution >= 0.6 is 0 Å². The molecule has 0 bridgehead atoms. The minimum absolute atomic E-state index is 0.0549. The molecule has 2 N–H and O–H groups in total. The maximum absolute atomic E-state index is 12.5. The van der Waals surface area contributed by atoms with Crippen LogP contribution in [0.2, 0.25) is 0 Å². The van der Waals surface area contributed by atoms with Gasteiger partial charge in [-0.05, 0) is 25.1 Å². The summed E-state index contributed by atoms with van der Waals surface area (Å²) in [6.45, 7) is 2.65. The van der Waals surface area contributed by atoms with Crippen LogP contribution in [-0.4, -0.2) is 73.0 Å². The first-order valence-corrected chi connectivity index (χ1v) is 12.5. The third kappa shape index (κ3) is 8.27. The largest absolute Gasteiger partial charge is 0.492 e. The molecule has 1 aromatic carbocycles. The van der Waals surface area contributed by atoms with Gasteiger partial charge in [0, 0.05) is 25.5 Å². The number of aryl methyl sites for hydroxylation is 1. The number of amides is 2. The summed E-state index contributed by atoms with van der Waals surface area (Å²) in [5.74, 6) is -0.827. The number of hydrogen-bond donors (Lipinski definition) is 2. The second kappa shape index (κ2) is 12.0. The summed E-state index contributed by atoms with van der Waals surface area (Å²) < 4.78 is 38.8. The first kappa shape index (κ1) is 26.5. The van der Waals surface area contributed by atoms with Gasteiger partial charge in [0.15, 0.2) is 0 Å². The van der Waals surface area contributed by atoms with Gasteiger partial charge < -0.3 is 19.7 Å². The van der Waals surface area contributed by atoms with Crippen molar-refractivity contribution in [1.29, 1.82) is 0 Å². The molecule has 3 rings (SSSR count). The number of ether oxygens (including phenoxy) is 2. The van der Waals surface area contributed by atoms with Crippen LogP contribution in [0.3, 0.4) is 0 Å². The lowest BCUT2D eigenvalue weighted by Crippen LogP contribution is -2.33. The minimum atomic E-state index is -3.98. The molecule has 0 spiro atoms. The van der Waals surface area contributed by atoms with Crippen molar-refractivity contribution in [2.75, 3.05) is 43.1 Å². The number of nitrogens with zero attached hydrogens (tertiary/aromatic N) is 4. The number of methoxy groups -OCH3 is 1. The highest BCUT2D eigenvalue weighted by molar-refractivity contribution is 7.93. The minimum Gasteiger partial charge on any atom is -0.492 e. The first-order valence-electron chi connectivity index (χ1n) is 10.9. The highest BCUT2D eigenvalue weighted by Gasteiger charge is 2.18. The van der Waals surface area contributed by atoms with Gasteiger partial charge >= 0.3 is 0 Å². The molecule has 0 unspecified atom stereocenters. The lowest BCUT2D eigenvalue weighted by molar-refractivity contribution is -0.131. The molecule has 0 saturated carbocycles. The number of pyridine rings is 1. The molecule has 13 heteroatoms. The lowest BCUT2D eigenvalue weighted by atomic mass is 10.2. The topological polar surface area (TPSA) is 145 Å². The number of carbonyl (C=O) groups excluding carboxylic acids is 2. The number of hydrogen-bond acceptors (Lipinski definition) is 8. The normalized spacial score (nSPS) is 11.0. The Morgan fingerprint density at radius 1 is 1.14 bits per heavy atom. The van der Waals surface area contributed by atoms with Crippen LogP contribution in [0.1, 0.15) is 5.56 Å². The van der Waals surface area contributed by atoms with Crippen LogP contribution in [0.25, 0.3) is 0 Å². The molecule has 2 heterocycles. The molecule has 0 aliphatic rings. The fraction of sp³-hybridized carbons (Fsp3) is 0.304. The molecule has 2 aromatic heterocycles. The van der Waals surface area contributed by atoms with Gasteiger partial charge in [-0.15, -0.1) is 0 Å². The van der Waals surface area contributed by atoms with Gasteiger partial charge in [-0.2, -0.15) is 5.10 Å². The lowest BCUT2D eigenvalue weighted by Gasteiger charge is -2.17. The summed E-state index contributed by atoms with van der Waals surface area (Å²) in [6, 6.07) is 10.5. The van der Waals surface area contributed by atoms with E-state index in [2.05, 4.69) is 20.1 Å². The van der Waals surface area contributed by atoms with E-state index in [0.717, 1.165) is 11.3 Å². The monoisotopic (exact) mass is 516 g/mol. The molecule has 0 saturated heterocycles. The Kier molecular flexibility index (Phi) is 8.84. The zero-order valence-corrected chi connectivity index (χ0v) is 21.0. The van der Waals surface area contributed by atoms with Crippen LogP contribution in [0.15, 0.2) is 55.0 Å². The molecule has 2 amide bonds. The van der Waals surface area contributed by atoms with Crippen molar-refractivity contribution in [2.24, 2.45) is 0 Å². The molecular formula is C23H28N6O6S. The molecule has 0 aliphatic carbocycles. The van der Waals surface area contributed by atoms with Gasteiger partial charge in [0.2, 0.25) is 27.7 Å². The quantitative estimate of drug-likeness (QED) is 0.369. The Hall–Kier alpha value is -4.13. The second-order valence-corrected chi connectivity index (χ2v) is 9.62. The SMILES string of the molecule is COc1cc(NS(=O)(=O)CC(=O)Nc2cnn(CC(=O)N(C)CCOc3ccc(C)cc3)c2)ccn1. The van der Waals surface area contributed by atoms with E-state index in [0.29, 0.717) is 13.2 Å². The summed E-state index contributed by atoms with van der Waals surface area (Å²) in [4.78, 5) is 30.1. The third-order valence-electron chi connectivity index (χ3n) is 4.89. The highest BCUT2D eigenvalue weighted by Crippen LogP contribution is 2.15. The van der Waals surface area contributed by atoms with Crippen molar-refractivity contribution in [3.05, 3.63) is 60.6 Å². The van der Waals surface area contributed by atoms with Crippen molar-refractivity contribution >= 4 is 33.2 Å². The van der Waals surface area contributed by atoms with E-state index >= 15 is 0 Å². The smallest absolute Gasteiger partial charge is 0.244 e. The summed E-state index contributed by atoms with van der Waals surface area (Å²) >= 11 is 0. The summed E-state index contributed by atoms with van der Waals surface area (Å²) in [6.07, 6.45) is 4.15. The predicted octanol–water partition coefficient (Wildman–Crippen LogP) is 1.51. The van der Waals surface area contributed by atoms with Crippen LogP contribution in [0, 0.1) is 6.92 Å². The second-order valence-electron chi connectivity index (χ2n) is 7.90. The van der Waals surface area contributed by atoms with Gasteiger partial charge in [-0.1, -0.05) is 17.7 Å². The number of benzene rings is 1. The standard InChI is InChI=1S/C23H28N6O6S/c1-17-4-6-20(7-5-17)35-11-10-28(2)23(31)15-29-14-19(13-25-29)26-21(30)16-36(32,33)27-18-8-9-24-22(12-18)34-3/h4-9,12-14H,10-11,15-16H2,1-3H3,(H,24,27)(H,26,30). The summed E-state index contributed by atoms with van der Waals surface area (Å²) in [5.41, 5.74) is 1.61. The number of carbonyl (C=O) groups is 2. The van der Waals surface area contributed by atoms with E-state index in [4.69, 9.17) is 9.47 Å². The number of rotatable bonds is 12. The number of anilines is 2. The Bertz CT molecular complexity index is 1290. The Balaban J connectivity index is 1.44. The van der Waals surface area contributed by atoms with E-state index < -0.39 is 21.7 Å². The number of aromatic nitrogens is 3. The molecular weight excluding hydrogens is 488 g/mol. The van der Waals surface area contributed by atoms with Crippen LogP contribution < -0.4 is 19.5 Å². The zero-order chi connectivity index (χ0) is 26.1. The van der Waals surface area contributed by atoms with E-state index in [9.17, 15) is 18.0 Å². The molecule has 192 valence electrons. The van der Waals surface area contributed by atoms with Gasteiger partial charge in [-0.25, -0.2) is 13.4 Å². The van der Waals surface area contributed by atoms with Crippen molar-refractivity contribution < 1.29 is 27.5 Å². The van der Waals surface area contributed by atoms with Crippen molar-refractivity contribution in [3.63, 3.8) is 0 Å². The van der Waals surface area contributed by atoms with Crippen molar-refractivity contribution in [1.82, 2.24) is 19.7 Å². The average molecular weight is 517 g/mol. The highest BCUT2D eigenvalue weighted by atomic mass is 32.2. The van der Waals surface area contributed by atoms with Gasteiger partial charge in [0.05, 0.1) is 31.2 Å². The molecule has 0 aliphatic heterocycles. The number of nitrogens with one attached hydrogen (secondary N) is 2. The number of likely N-dealkylation sites (N-methyl/N-ethyl adjacent to an activating group) is 1. The number of sulfonamides is 1. The Morgan fingerprint density at radius 2 is 1.89 bits per heavy atom. The van der Waals surface area contributed by atoms with E-state index in [-0.39, 0.29) is 29.7 Å². The van der Waals surface area contributed by atoms with Gasteiger partial charge in [0.1, 0.15) is 24.7 Å². The summed E-state index contributed by atoms with van der Waals surface area (Å²) in [5, 5.41) is 6.51. The maximum atomic E-state index is 12.5. The summed E-state index contributed by atoms with van der Waals surface area (Å²) in [7, 11) is -0.919. The van der Waals surface area contributed by atoms with Crippen LogP contribution in [0.5, 0.6) is 11.6 Å². The van der Waals surface area contributed by atoms with Crippen molar-refractivity contribution in [3.8, 4) is 11.6 Å². The maximum Gasteiger partial charge on any atom is 0.244 e. The Labute approximate surface area is 209 Å². The van der Waals surface area contributed by atoms with Crippen molar-refractivity contribution in [2.45, 2.75) is 13.5 Å². The first-order chi connectivity index (χ1) is 17.1.